The van der Waals surface area contributed by atoms with Crippen molar-refractivity contribution >= 4 is 0 Å². The number of fused-ring (bicyclic) bond motifs is 1. The second-order valence-electron chi connectivity index (χ2n) is 4.95. The summed E-state index contributed by atoms with van der Waals surface area (Å²) in [5, 5.41) is 0. The van der Waals surface area contributed by atoms with Gasteiger partial charge in [0.2, 0.25) is 0 Å². The summed E-state index contributed by atoms with van der Waals surface area (Å²) in [5.41, 5.74) is 9.30. The van der Waals surface area contributed by atoms with Crippen LogP contribution in [0.25, 0.3) is 0 Å². The number of nitrogens with two attached hydrogens (primary N) is 1. The van der Waals surface area contributed by atoms with E-state index < -0.39 is 0 Å². The largest absolute Gasteiger partial charge is 0.321 e. The van der Waals surface area contributed by atoms with Gasteiger partial charge in [0.05, 0.1) is 0 Å². The first-order valence-corrected chi connectivity index (χ1v) is 5.38. The summed E-state index contributed by atoms with van der Waals surface area (Å²) >= 11 is 0. The molecule has 0 saturated carbocycles. The maximum atomic E-state index is 6.48. The molecule has 1 nitrogen and oxygen atoms in total. The lowest BCUT2D eigenvalue weighted by molar-refractivity contribution is 0.175. The van der Waals surface area contributed by atoms with Crippen molar-refractivity contribution in [2.75, 3.05) is 0 Å². The van der Waals surface area contributed by atoms with Gasteiger partial charge in [-0.2, -0.15) is 0 Å². The average molecular weight is 189 g/mol. The molecule has 2 N–H and O–H groups in total. The number of hydrogen-bond acceptors (Lipinski definition) is 1. The van der Waals surface area contributed by atoms with Crippen LogP contribution in [0.4, 0.5) is 0 Å². The quantitative estimate of drug-likeness (QED) is 0.722. The normalized spacial score (nSPS) is 35.7. The molecule has 0 heterocycles. The number of benzene rings is 1. The fraction of sp³-hybridized carbons (Fsp3) is 0.538. The summed E-state index contributed by atoms with van der Waals surface area (Å²) in [7, 11) is 0. The summed E-state index contributed by atoms with van der Waals surface area (Å²) in [5.74, 6) is 0. The van der Waals surface area contributed by atoms with Gasteiger partial charge in [-0.15, -0.1) is 0 Å². The Bertz CT molecular complexity index is 354. The zero-order valence-corrected chi connectivity index (χ0v) is 9.30. The summed E-state index contributed by atoms with van der Waals surface area (Å²) in [6.07, 6.45) is 2.25. The molecule has 0 aromatic heterocycles. The van der Waals surface area contributed by atoms with Crippen LogP contribution < -0.4 is 5.73 Å². The smallest absolute Gasteiger partial charge is 0.0441 e. The Morgan fingerprint density at radius 2 is 1.93 bits per heavy atom. The molecule has 0 spiro atoms. The fourth-order valence-electron chi connectivity index (χ4n) is 2.60. The lowest BCUT2D eigenvalue weighted by Gasteiger charge is -2.38. The van der Waals surface area contributed by atoms with Gasteiger partial charge in [-0.05, 0) is 36.3 Å². The van der Waals surface area contributed by atoms with E-state index in [-0.39, 0.29) is 11.0 Å². The molecule has 14 heavy (non-hydrogen) atoms. The van der Waals surface area contributed by atoms with Crippen molar-refractivity contribution < 1.29 is 0 Å². The summed E-state index contributed by atoms with van der Waals surface area (Å²) in [6.45, 7) is 6.70. The van der Waals surface area contributed by atoms with E-state index in [4.69, 9.17) is 5.73 Å². The minimum Gasteiger partial charge on any atom is -0.321 e. The van der Waals surface area contributed by atoms with Crippen LogP contribution in [0.3, 0.4) is 0 Å². The van der Waals surface area contributed by atoms with Crippen LogP contribution in [0.2, 0.25) is 0 Å². The van der Waals surface area contributed by atoms with E-state index in [1.807, 2.05) is 0 Å². The summed E-state index contributed by atoms with van der Waals surface area (Å²) in [6, 6.07) is 8.58. The van der Waals surface area contributed by atoms with Crippen LogP contribution in [0.5, 0.6) is 0 Å². The van der Waals surface area contributed by atoms with Gasteiger partial charge in [-0.3, -0.25) is 0 Å². The Morgan fingerprint density at radius 1 is 1.29 bits per heavy atom. The highest BCUT2D eigenvalue weighted by Crippen LogP contribution is 2.49. The SMILES string of the molecule is CCC1(C)Cc2ccccc2C1(C)N. The molecular weight excluding hydrogens is 170 g/mol. The number of hydrogen-bond donors (Lipinski definition) is 1. The molecule has 1 heteroatoms. The van der Waals surface area contributed by atoms with Gasteiger partial charge < -0.3 is 5.73 Å². The van der Waals surface area contributed by atoms with E-state index in [0.29, 0.717) is 0 Å². The van der Waals surface area contributed by atoms with Crippen molar-refractivity contribution in [3.63, 3.8) is 0 Å². The van der Waals surface area contributed by atoms with E-state index in [1.54, 1.807) is 0 Å². The van der Waals surface area contributed by atoms with Crippen molar-refractivity contribution in [1.29, 1.82) is 0 Å². The predicted octanol–water partition coefficient (Wildman–Crippen LogP) is 2.83. The maximum absolute atomic E-state index is 6.48. The maximum Gasteiger partial charge on any atom is 0.0441 e. The van der Waals surface area contributed by atoms with Crippen molar-refractivity contribution in [2.24, 2.45) is 11.1 Å². The molecule has 0 fully saturated rings. The third kappa shape index (κ3) is 1.05. The third-order valence-corrected chi connectivity index (χ3v) is 4.19. The first kappa shape index (κ1) is 9.72. The Balaban J connectivity index is 2.56. The van der Waals surface area contributed by atoms with Crippen LogP contribution in [0.1, 0.15) is 38.3 Å². The second kappa shape index (κ2) is 2.83. The van der Waals surface area contributed by atoms with Crippen LogP contribution in [-0.4, -0.2) is 0 Å². The molecule has 2 rings (SSSR count). The molecule has 2 atom stereocenters. The Morgan fingerprint density at radius 3 is 2.50 bits per heavy atom. The second-order valence-corrected chi connectivity index (χ2v) is 4.95. The molecule has 1 aromatic rings. The van der Waals surface area contributed by atoms with Gasteiger partial charge in [0.1, 0.15) is 0 Å². The Hall–Kier alpha value is -0.820. The van der Waals surface area contributed by atoms with Crippen LogP contribution in [0, 0.1) is 5.41 Å². The predicted molar refractivity (Wildman–Crippen MR) is 60.1 cm³/mol. The molecule has 0 bridgehead atoms. The van der Waals surface area contributed by atoms with Crippen molar-refractivity contribution in [3.05, 3.63) is 35.4 Å². The molecule has 1 aliphatic carbocycles. The molecule has 0 saturated heterocycles. The summed E-state index contributed by atoms with van der Waals surface area (Å²) in [4.78, 5) is 0. The molecule has 1 aliphatic rings. The van der Waals surface area contributed by atoms with Crippen molar-refractivity contribution in [1.82, 2.24) is 0 Å². The molecule has 0 amide bonds. The van der Waals surface area contributed by atoms with Gasteiger partial charge in [0, 0.05) is 5.54 Å². The molecule has 2 unspecified atom stereocenters. The van der Waals surface area contributed by atoms with E-state index in [0.717, 1.165) is 12.8 Å². The lowest BCUT2D eigenvalue weighted by atomic mass is 9.71. The minimum atomic E-state index is -0.168. The van der Waals surface area contributed by atoms with Crippen LogP contribution >= 0.6 is 0 Å². The van der Waals surface area contributed by atoms with E-state index in [1.165, 1.54) is 11.1 Å². The Kier molecular flexibility index (Phi) is 1.97. The van der Waals surface area contributed by atoms with Crippen LogP contribution in [-0.2, 0) is 12.0 Å². The lowest BCUT2D eigenvalue weighted by Crippen LogP contribution is -2.45. The first-order chi connectivity index (χ1) is 6.51. The minimum absolute atomic E-state index is 0.168. The monoisotopic (exact) mass is 189 g/mol. The zero-order valence-electron chi connectivity index (χ0n) is 9.30. The van der Waals surface area contributed by atoms with Gasteiger partial charge in [0.25, 0.3) is 0 Å². The molecule has 76 valence electrons. The van der Waals surface area contributed by atoms with Gasteiger partial charge in [0.15, 0.2) is 0 Å². The topological polar surface area (TPSA) is 26.0 Å². The highest BCUT2D eigenvalue weighted by molar-refractivity contribution is 5.41. The molecule has 0 radical (unpaired) electrons. The molecule has 1 aromatic carbocycles. The van der Waals surface area contributed by atoms with Crippen molar-refractivity contribution in [3.8, 4) is 0 Å². The summed E-state index contributed by atoms with van der Waals surface area (Å²) < 4.78 is 0. The average Bonchev–Trinajstić information content (AvgIpc) is 2.37. The van der Waals surface area contributed by atoms with Gasteiger partial charge in [-0.25, -0.2) is 0 Å². The number of rotatable bonds is 1. The molecular formula is C13H19N. The first-order valence-electron chi connectivity index (χ1n) is 5.38. The van der Waals surface area contributed by atoms with E-state index >= 15 is 0 Å². The van der Waals surface area contributed by atoms with E-state index in [9.17, 15) is 0 Å². The highest BCUT2D eigenvalue weighted by atomic mass is 14.8. The van der Waals surface area contributed by atoms with Gasteiger partial charge in [-0.1, -0.05) is 38.1 Å². The zero-order chi connectivity index (χ0) is 10.4. The van der Waals surface area contributed by atoms with Gasteiger partial charge >= 0.3 is 0 Å². The van der Waals surface area contributed by atoms with E-state index in [2.05, 4.69) is 45.0 Å². The third-order valence-electron chi connectivity index (χ3n) is 4.19. The standard InChI is InChI=1S/C13H19N/c1-4-12(2)9-10-7-5-6-8-11(10)13(12,3)14/h5-8H,4,9,14H2,1-3H3. The highest BCUT2D eigenvalue weighted by Gasteiger charge is 2.47. The molecule has 0 aliphatic heterocycles. The Labute approximate surface area is 86.3 Å². The van der Waals surface area contributed by atoms with Crippen LogP contribution in [0.15, 0.2) is 24.3 Å². The fourth-order valence-corrected chi connectivity index (χ4v) is 2.60. The van der Waals surface area contributed by atoms with Crippen molar-refractivity contribution in [2.45, 2.75) is 39.2 Å².